The summed E-state index contributed by atoms with van der Waals surface area (Å²) in [6.07, 6.45) is 4.62. The molecule has 1 amide bonds. The van der Waals surface area contributed by atoms with E-state index < -0.39 is 23.4 Å². The highest BCUT2D eigenvalue weighted by Gasteiger charge is 2.39. The van der Waals surface area contributed by atoms with Gasteiger partial charge in [-0.25, -0.2) is 23.2 Å². The summed E-state index contributed by atoms with van der Waals surface area (Å²) in [5.74, 6) is -0.544. The van der Waals surface area contributed by atoms with Crippen LogP contribution in [-0.4, -0.2) is 80.0 Å². The maximum atomic E-state index is 14.3. The number of hydrogen-bond donors (Lipinski definition) is 0. The third-order valence-corrected chi connectivity index (χ3v) is 10.6. The molecular formula is C42H63F2N3O6. The van der Waals surface area contributed by atoms with Gasteiger partial charge in [0.1, 0.15) is 17.2 Å². The Labute approximate surface area is 316 Å². The number of halogens is 2. The highest BCUT2D eigenvalue weighted by molar-refractivity contribution is 5.93. The third-order valence-electron chi connectivity index (χ3n) is 10.6. The lowest BCUT2D eigenvalue weighted by Gasteiger charge is -2.47. The maximum Gasteiger partial charge on any atom is 0.410 e. The van der Waals surface area contributed by atoms with Gasteiger partial charge in [-0.05, 0) is 142 Å². The maximum absolute atomic E-state index is 14.3. The fraction of sp³-hybridized carbons (Fsp3) is 0.643. The van der Waals surface area contributed by atoms with Gasteiger partial charge in [0.2, 0.25) is 0 Å². The molecule has 1 heterocycles. The molecule has 0 unspecified atom stereocenters. The molecule has 4 rings (SSSR count). The third kappa shape index (κ3) is 10.8. The summed E-state index contributed by atoms with van der Waals surface area (Å²) in [5, 5.41) is 0. The molecule has 2 fully saturated rings. The Kier molecular flexibility index (Phi) is 15.1. The fourth-order valence-corrected chi connectivity index (χ4v) is 8.45. The second-order valence-electron chi connectivity index (χ2n) is 16.0. The van der Waals surface area contributed by atoms with Crippen LogP contribution in [0.2, 0.25) is 0 Å². The van der Waals surface area contributed by atoms with E-state index in [1.54, 1.807) is 11.0 Å². The van der Waals surface area contributed by atoms with E-state index in [4.69, 9.17) is 14.2 Å². The second-order valence-corrected chi connectivity index (χ2v) is 16.0. The van der Waals surface area contributed by atoms with Crippen LogP contribution < -0.4 is 9.80 Å². The van der Waals surface area contributed by atoms with E-state index in [9.17, 15) is 23.2 Å². The van der Waals surface area contributed by atoms with Crippen LogP contribution in [0.5, 0.6) is 0 Å². The molecule has 4 atom stereocenters. The largest absolute Gasteiger partial charge is 0.465 e. The van der Waals surface area contributed by atoms with Crippen LogP contribution in [0, 0.1) is 37.3 Å². The lowest BCUT2D eigenvalue weighted by atomic mass is 9.79. The molecule has 2 aliphatic rings. The highest BCUT2D eigenvalue weighted by Crippen LogP contribution is 2.37. The summed E-state index contributed by atoms with van der Waals surface area (Å²) in [6.45, 7) is 23.4. The standard InChI is InChI=1S/C23H35FN2O4.C19H28FNO2/c1-9-25(20-13-17(24)12-19(16(20)4)21(27)29-8)18-10-14(2)26(15(3)11-18)22(28)30-23(5,6)7;1-6-21(16-8-12(2)7-13(3)9-16)18-11-15(20)10-17(14(18)4)19(22)23-5/h12-15,18H,9-11H2,1-8H3;10-13,16H,6-9H2,1-5H3/t14-,15-;12-,13-/m10/s1. The Morgan fingerprint density at radius 1 is 0.698 bits per heavy atom. The van der Waals surface area contributed by atoms with Gasteiger partial charge in [-0.2, -0.15) is 0 Å². The zero-order valence-electron chi connectivity index (χ0n) is 34.3. The molecule has 1 aliphatic heterocycles. The lowest BCUT2D eigenvalue weighted by Crippen LogP contribution is -2.56. The van der Waals surface area contributed by atoms with Crippen molar-refractivity contribution in [2.45, 2.75) is 138 Å². The fourth-order valence-electron chi connectivity index (χ4n) is 8.45. The molecule has 0 spiro atoms. The van der Waals surface area contributed by atoms with Crippen LogP contribution in [-0.2, 0) is 14.2 Å². The first-order valence-electron chi connectivity index (χ1n) is 19.1. The van der Waals surface area contributed by atoms with E-state index >= 15 is 0 Å². The highest BCUT2D eigenvalue weighted by atomic mass is 19.1. The number of piperidine rings is 1. The van der Waals surface area contributed by atoms with Gasteiger partial charge in [0.05, 0.1) is 25.3 Å². The average Bonchev–Trinajstić information content (AvgIpc) is 3.06. The minimum Gasteiger partial charge on any atom is -0.465 e. The molecule has 1 aliphatic carbocycles. The molecular weight excluding hydrogens is 680 g/mol. The Morgan fingerprint density at radius 2 is 1.08 bits per heavy atom. The summed E-state index contributed by atoms with van der Waals surface area (Å²) in [7, 11) is 2.62. The molecule has 1 saturated heterocycles. The first-order valence-corrected chi connectivity index (χ1v) is 19.1. The quantitative estimate of drug-likeness (QED) is 0.195. The van der Waals surface area contributed by atoms with Crippen molar-refractivity contribution in [2.75, 3.05) is 37.1 Å². The number of methoxy groups -OCH3 is 2. The number of amides is 1. The Balaban J connectivity index is 0.000000295. The number of rotatable bonds is 8. The number of nitrogens with zero attached hydrogens (tertiary/aromatic N) is 3. The number of likely N-dealkylation sites (tertiary alicyclic amines) is 1. The number of esters is 2. The second kappa shape index (κ2) is 18.4. The average molecular weight is 744 g/mol. The van der Waals surface area contributed by atoms with Crippen molar-refractivity contribution in [2.24, 2.45) is 11.8 Å². The molecule has 11 heteroatoms. The van der Waals surface area contributed by atoms with Crippen molar-refractivity contribution < 1.29 is 37.4 Å². The molecule has 0 aromatic heterocycles. The summed E-state index contributed by atoms with van der Waals surface area (Å²) < 4.78 is 43.6. The molecule has 2 aromatic carbocycles. The SMILES string of the molecule is CCN(c1cc(F)cc(C(=O)OC)c1C)C1C[C@@H](C)C[C@H](C)C1.CCN(c1cc(F)cc(C(=O)OC)c1C)C1C[C@@H](C)N(C(=O)OC(C)(C)C)[C@H](C)C1. The van der Waals surface area contributed by atoms with Gasteiger partial charge in [-0.15, -0.1) is 0 Å². The van der Waals surface area contributed by atoms with Gasteiger partial charge in [0.15, 0.2) is 0 Å². The predicted octanol–water partition coefficient (Wildman–Crippen LogP) is 9.50. The monoisotopic (exact) mass is 743 g/mol. The summed E-state index contributed by atoms with van der Waals surface area (Å²) in [4.78, 5) is 42.9. The van der Waals surface area contributed by atoms with Gasteiger partial charge in [-0.3, -0.25) is 0 Å². The van der Waals surface area contributed by atoms with Gasteiger partial charge in [0.25, 0.3) is 0 Å². The topological polar surface area (TPSA) is 88.6 Å². The molecule has 296 valence electrons. The van der Waals surface area contributed by atoms with Crippen molar-refractivity contribution >= 4 is 29.4 Å². The van der Waals surface area contributed by atoms with Crippen molar-refractivity contribution in [1.29, 1.82) is 0 Å². The van der Waals surface area contributed by atoms with E-state index in [0.717, 1.165) is 43.5 Å². The Bertz CT molecular complexity index is 1570. The van der Waals surface area contributed by atoms with Crippen LogP contribution in [0.3, 0.4) is 0 Å². The van der Waals surface area contributed by atoms with Gasteiger partial charge >= 0.3 is 18.0 Å². The molecule has 0 N–H and O–H groups in total. The normalized spacial score (nSPS) is 23.0. The van der Waals surface area contributed by atoms with Crippen molar-refractivity contribution in [3.63, 3.8) is 0 Å². The number of ether oxygens (including phenoxy) is 3. The van der Waals surface area contributed by atoms with Crippen LogP contribution in [0.15, 0.2) is 24.3 Å². The zero-order valence-corrected chi connectivity index (χ0v) is 34.3. The number of hydrogen-bond acceptors (Lipinski definition) is 8. The van der Waals surface area contributed by atoms with Crippen LogP contribution in [0.25, 0.3) is 0 Å². The molecule has 9 nitrogen and oxygen atoms in total. The van der Waals surface area contributed by atoms with Crippen molar-refractivity contribution in [1.82, 2.24) is 4.90 Å². The van der Waals surface area contributed by atoms with Gasteiger partial charge in [-0.1, -0.05) is 13.8 Å². The van der Waals surface area contributed by atoms with Crippen LogP contribution >= 0.6 is 0 Å². The number of benzene rings is 2. The molecule has 53 heavy (non-hydrogen) atoms. The summed E-state index contributed by atoms with van der Waals surface area (Å²) >= 11 is 0. The van der Waals surface area contributed by atoms with Crippen molar-refractivity contribution in [3.8, 4) is 0 Å². The summed E-state index contributed by atoms with van der Waals surface area (Å²) in [6, 6.07) is 5.94. The smallest absolute Gasteiger partial charge is 0.410 e. The van der Waals surface area contributed by atoms with Gasteiger partial charge < -0.3 is 28.9 Å². The molecule has 2 aromatic rings. The zero-order chi connectivity index (χ0) is 39.9. The van der Waals surface area contributed by atoms with Gasteiger partial charge in [0, 0.05) is 48.6 Å². The Morgan fingerprint density at radius 3 is 1.42 bits per heavy atom. The number of carbonyl (C=O) groups is 3. The van der Waals surface area contributed by atoms with E-state index in [0.29, 0.717) is 41.2 Å². The van der Waals surface area contributed by atoms with Crippen LogP contribution in [0.1, 0.15) is 126 Å². The van der Waals surface area contributed by atoms with E-state index in [1.165, 1.54) is 38.8 Å². The lowest BCUT2D eigenvalue weighted by molar-refractivity contribution is -0.00255. The number of carbonyl (C=O) groups excluding carboxylic acids is 3. The molecule has 1 saturated carbocycles. The minimum absolute atomic E-state index is 0.0309. The van der Waals surface area contributed by atoms with E-state index in [1.807, 2.05) is 55.4 Å². The molecule has 0 bridgehead atoms. The number of anilines is 2. The minimum atomic E-state index is -0.550. The van der Waals surface area contributed by atoms with E-state index in [-0.39, 0.29) is 35.6 Å². The van der Waals surface area contributed by atoms with Crippen molar-refractivity contribution in [3.05, 3.63) is 58.2 Å². The van der Waals surface area contributed by atoms with Crippen LogP contribution in [0.4, 0.5) is 25.0 Å². The van der Waals surface area contributed by atoms with E-state index in [2.05, 4.69) is 30.6 Å². The Hall–Kier alpha value is -3.89. The predicted molar refractivity (Wildman–Crippen MR) is 207 cm³/mol. The first-order chi connectivity index (χ1) is 24.8. The first kappa shape index (κ1) is 43.5. The molecule has 0 radical (unpaired) electrons. The summed E-state index contributed by atoms with van der Waals surface area (Å²) in [5.41, 5.74) is 3.00.